The van der Waals surface area contributed by atoms with Crippen molar-refractivity contribution in [1.29, 1.82) is 0 Å². The van der Waals surface area contributed by atoms with Gasteiger partial charge in [0.05, 0.1) is 23.3 Å². The van der Waals surface area contributed by atoms with E-state index >= 15 is 0 Å². The van der Waals surface area contributed by atoms with Gasteiger partial charge >= 0.3 is 0 Å². The van der Waals surface area contributed by atoms with Crippen molar-refractivity contribution in [3.63, 3.8) is 0 Å². The summed E-state index contributed by atoms with van der Waals surface area (Å²) in [4.78, 5) is 21.7. The monoisotopic (exact) mass is 497 g/mol. The Hall–Kier alpha value is -4.08. The summed E-state index contributed by atoms with van der Waals surface area (Å²) in [6.07, 6.45) is 10.3. The lowest BCUT2D eigenvalue weighted by molar-refractivity contribution is -0.120. The van der Waals surface area contributed by atoms with Gasteiger partial charge in [-0.15, -0.1) is 0 Å². The van der Waals surface area contributed by atoms with Crippen molar-refractivity contribution in [1.82, 2.24) is 24.7 Å². The first-order chi connectivity index (χ1) is 17.1. The maximum atomic E-state index is 14.0. The van der Waals surface area contributed by atoms with E-state index < -0.39 is 17.6 Å². The first-order valence-electron chi connectivity index (χ1n) is 11.4. The number of aromatic nitrogens is 3. The van der Waals surface area contributed by atoms with E-state index in [0.29, 0.717) is 24.4 Å². The first kappa shape index (κ1) is 28.2. The Morgan fingerprint density at radius 3 is 2.64 bits per heavy atom. The molecule has 0 bridgehead atoms. The van der Waals surface area contributed by atoms with Gasteiger partial charge in [-0.25, -0.2) is 18.7 Å². The summed E-state index contributed by atoms with van der Waals surface area (Å²) in [5.74, 6) is -2.17. The van der Waals surface area contributed by atoms with Crippen molar-refractivity contribution in [2.45, 2.75) is 41.0 Å². The molecule has 192 valence electrons. The van der Waals surface area contributed by atoms with E-state index in [-0.39, 0.29) is 12.2 Å². The summed E-state index contributed by atoms with van der Waals surface area (Å²) < 4.78 is 29.3. The van der Waals surface area contributed by atoms with Crippen LogP contribution in [0.2, 0.25) is 0 Å². The number of allylic oxidation sites excluding steroid dienone is 6. The molecule has 0 saturated heterocycles. The second kappa shape index (κ2) is 13.1. The summed E-state index contributed by atoms with van der Waals surface area (Å²) in [5.41, 5.74) is 3.94. The number of hydrazone groups is 1. The van der Waals surface area contributed by atoms with Crippen molar-refractivity contribution >= 4 is 29.7 Å². The standard InChI is InChI=1S/C26H33F2N7O/c1-8-11-21(24(28)19(6)27)33-23(36)16-34(29-7)15-20(10-3)22-13-31-26-25(30-12-17(4)9-2)32-18(5)14-35(22)26/h8-9,11,13-15H,1,7,10,12,16H2,2-6H3,(H,30,32)(H,33,36)/b17-9+,20-15+,21-11+,24-19-. The number of amides is 1. The highest BCUT2D eigenvalue weighted by molar-refractivity contribution is 5.81. The number of anilines is 1. The van der Waals surface area contributed by atoms with Crippen LogP contribution >= 0.6 is 0 Å². The smallest absolute Gasteiger partial charge is 0.246 e. The number of carbonyl (C=O) groups is 1. The molecule has 0 aromatic carbocycles. The number of hydrogen-bond acceptors (Lipinski definition) is 6. The molecule has 0 fully saturated rings. The fourth-order valence-electron chi connectivity index (χ4n) is 3.26. The lowest BCUT2D eigenvalue weighted by Gasteiger charge is -2.17. The second-order valence-corrected chi connectivity index (χ2v) is 8.02. The molecule has 0 unspecified atom stereocenters. The van der Waals surface area contributed by atoms with Gasteiger partial charge in [0.1, 0.15) is 12.4 Å². The van der Waals surface area contributed by atoms with Crippen LogP contribution < -0.4 is 10.6 Å². The van der Waals surface area contributed by atoms with Gasteiger partial charge in [-0.05, 0) is 45.8 Å². The van der Waals surface area contributed by atoms with Crippen LogP contribution in [0, 0.1) is 6.92 Å². The van der Waals surface area contributed by atoms with Crippen molar-refractivity contribution in [3.8, 4) is 0 Å². The average Bonchev–Trinajstić information content (AvgIpc) is 3.27. The lowest BCUT2D eigenvalue weighted by atomic mass is 10.1. The van der Waals surface area contributed by atoms with E-state index in [1.807, 2.05) is 44.4 Å². The van der Waals surface area contributed by atoms with E-state index in [1.54, 1.807) is 12.4 Å². The van der Waals surface area contributed by atoms with Crippen LogP contribution in [0.4, 0.5) is 14.6 Å². The number of carbonyl (C=O) groups excluding carboxylic acids is 1. The number of halogens is 2. The third kappa shape index (κ3) is 7.21. The Morgan fingerprint density at radius 1 is 1.33 bits per heavy atom. The number of imidazole rings is 1. The zero-order chi connectivity index (χ0) is 26.8. The summed E-state index contributed by atoms with van der Waals surface area (Å²) >= 11 is 0. The van der Waals surface area contributed by atoms with Crippen LogP contribution in [0.15, 0.2) is 71.4 Å². The van der Waals surface area contributed by atoms with Gasteiger partial charge < -0.3 is 10.6 Å². The van der Waals surface area contributed by atoms with Gasteiger partial charge in [0, 0.05) is 25.7 Å². The first-order valence-corrected chi connectivity index (χ1v) is 11.4. The third-order valence-corrected chi connectivity index (χ3v) is 5.24. The van der Waals surface area contributed by atoms with Gasteiger partial charge in [0.25, 0.3) is 0 Å². The van der Waals surface area contributed by atoms with Crippen molar-refractivity contribution in [3.05, 3.63) is 77.7 Å². The van der Waals surface area contributed by atoms with Crippen molar-refractivity contribution < 1.29 is 13.6 Å². The van der Waals surface area contributed by atoms with Crippen LogP contribution in [-0.4, -0.2) is 45.1 Å². The minimum atomic E-state index is -1.17. The highest BCUT2D eigenvalue weighted by atomic mass is 19.2. The topological polar surface area (TPSA) is 86.9 Å². The Balaban J connectivity index is 2.35. The molecule has 0 aliphatic carbocycles. The van der Waals surface area contributed by atoms with Crippen LogP contribution in [-0.2, 0) is 4.79 Å². The molecule has 0 aliphatic heterocycles. The zero-order valence-electron chi connectivity index (χ0n) is 21.4. The maximum absolute atomic E-state index is 14.0. The van der Waals surface area contributed by atoms with E-state index in [1.165, 1.54) is 22.7 Å². The summed E-state index contributed by atoms with van der Waals surface area (Å²) in [6, 6.07) is 0. The van der Waals surface area contributed by atoms with Crippen LogP contribution in [0.5, 0.6) is 0 Å². The quantitative estimate of drug-likeness (QED) is 0.176. The fourth-order valence-corrected chi connectivity index (χ4v) is 3.26. The molecule has 0 spiro atoms. The fraction of sp³-hybridized carbons (Fsp3) is 0.308. The molecule has 2 aromatic heterocycles. The number of nitrogens with zero attached hydrogens (tertiary/aromatic N) is 5. The molecule has 1 amide bonds. The van der Waals surface area contributed by atoms with Crippen LogP contribution in [0.3, 0.4) is 0 Å². The summed E-state index contributed by atoms with van der Waals surface area (Å²) in [7, 11) is 0. The maximum Gasteiger partial charge on any atom is 0.246 e. The van der Waals surface area contributed by atoms with E-state index in [0.717, 1.165) is 23.9 Å². The molecule has 0 aliphatic rings. The molecule has 2 rings (SSSR count). The molecule has 2 heterocycles. The molecule has 0 atom stereocenters. The lowest BCUT2D eigenvalue weighted by Crippen LogP contribution is -2.32. The van der Waals surface area contributed by atoms with E-state index in [2.05, 4.69) is 39.0 Å². The number of fused-ring (bicyclic) bond motifs is 1. The minimum absolute atomic E-state index is 0.271. The number of hydrogen-bond donors (Lipinski definition) is 2. The Labute approximate surface area is 210 Å². The molecule has 36 heavy (non-hydrogen) atoms. The van der Waals surface area contributed by atoms with Gasteiger partial charge in [-0.2, -0.15) is 5.10 Å². The van der Waals surface area contributed by atoms with E-state index in [4.69, 9.17) is 0 Å². The highest BCUT2D eigenvalue weighted by Gasteiger charge is 2.16. The van der Waals surface area contributed by atoms with Gasteiger partial charge in [-0.1, -0.05) is 31.2 Å². The number of nitrogens with one attached hydrogen (secondary N) is 2. The second-order valence-electron chi connectivity index (χ2n) is 8.02. The molecule has 10 heteroatoms. The van der Waals surface area contributed by atoms with Gasteiger partial charge in [0.15, 0.2) is 17.3 Å². The minimum Gasteiger partial charge on any atom is -0.363 e. The molecular formula is C26H33F2N7O. The predicted molar refractivity (Wildman–Crippen MR) is 142 cm³/mol. The molecule has 8 nitrogen and oxygen atoms in total. The predicted octanol–water partition coefficient (Wildman–Crippen LogP) is 5.44. The van der Waals surface area contributed by atoms with Crippen molar-refractivity contribution in [2.24, 2.45) is 5.10 Å². The van der Waals surface area contributed by atoms with Gasteiger partial charge in [-0.3, -0.25) is 14.2 Å². The average molecular weight is 498 g/mol. The molecule has 2 N–H and O–H groups in total. The van der Waals surface area contributed by atoms with E-state index in [9.17, 15) is 13.6 Å². The van der Waals surface area contributed by atoms with Crippen molar-refractivity contribution in [2.75, 3.05) is 18.4 Å². The number of rotatable bonds is 12. The highest BCUT2D eigenvalue weighted by Crippen LogP contribution is 2.24. The largest absolute Gasteiger partial charge is 0.363 e. The van der Waals surface area contributed by atoms with Crippen LogP contribution in [0.1, 0.15) is 45.5 Å². The Morgan fingerprint density at radius 2 is 2.06 bits per heavy atom. The molecule has 0 saturated carbocycles. The third-order valence-electron chi connectivity index (χ3n) is 5.24. The van der Waals surface area contributed by atoms with Crippen LogP contribution in [0.25, 0.3) is 11.2 Å². The Kier molecular flexibility index (Phi) is 10.3. The molecule has 0 radical (unpaired) electrons. The van der Waals surface area contributed by atoms with Gasteiger partial charge in [0.2, 0.25) is 5.91 Å². The Bertz CT molecular complexity index is 1250. The summed E-state index contributed by atoms with van der Waals surface area (Å²) in [6.45, 7) is 16.2. The molecular weight excluding hydrogens is 464 g/mol. The summed E-state index contributed by atoms with van der Waals surface area (Å²) in [5, 5.41) is 10.9. The SMILES string of the molecule is C=C/C=C(NC(=O)CN(/C=C(\CC)c1cnc2c(NC/C(C)=C/C)nc(C)cn12)N=C)\C(F)=C(/C)F. The zero-order valence-corrected chi connectivity index (χ0v) is 21.4. The molecule has 2 aromatic rings. The number of aryl methyl sites for hydroxylation is 1. The normalized spacial score (nSPS) is 13.4.